The maximum atomic E-state index is 13.1. The van der Waals surface area contributed by atoms with Gasteiger partial charge in [-0.15, -0.1) is 0 Å². The fourth-order valence-electron chi connectivity index (χ4n) is 3.51. The number of nitrogens with one attached hydrogen (secondary N) is 1. The van der Waals surface area contributed by atoms with Crippen LogP contribution in [0.3, 0.4) is 0 Å². The van der Waals surface area contributed by atoms with Crippen molar-refractivity contribution in [3.8, 4) is 11.5 Å². The molecular weight excluding hydrogens is 462 g/mol. The fourth-order valence-corrected chi connectivity index (χ4v) is 4.34. The number of anilines is 1. The number of carbonyl (C=O) groups excluding carboxylic acids is 1. The molecular formula is C27H27N3O4S. The second-order valence-electron chi connectivity index (χ2n) is 7.70. The van der Waals surface area contributed by atoms with E-state index in [1.807, 2.05) is 67.6 Å². The van der Waals surface area contributed by atoms with Gasteiger partial charge in [-0.3, -0.25) is 14.2 Å². The molecule has 0 aliphatic rings. The minimum atomic E-state index is -0.199. The quantitative estimate of drug-likeness (QED) is 0.174. The summed E-state index contributed by atoms with van der Waals surface area (Å²) in [6.07, 6.45) is 0.682. The van der Waals surface area contributed by atoms with E-state index in [1.165, 1.54) is 11.8 Å². The van der Waals surface area contributed by atoms with Crippen LogP contribution in [0.2, 0.25) is 0 Å². The Hall–Kier alpha value is -3.62. The van der Waals surface area contributed by atoms with Crippen LogP contribution in [0.15, 0.2) is 88.8 Å². The topological polar surface area (TPSA) is 82.4 Å². The van der Waals surface area contributed by atoms with Gasteiger partial charge in [-0.25, -0.2) is 4.98 Å². The van der Waals surface area contributed by atoms with Crippen LogP contribution in [0.5, 0.6) is 11.5 Å². The summed E-state index contributed by atoms with van der Waals surface area (Å²) in [5.74, 6) is 1.26. The van der Waals surface area contributed by atoms with Gasteiger partial charge in [-0.2, -0.15) is 0 Å². The number of ether oxygens (including phenoxy) is 2. The molecule has 0 fully saturated rings. The van der Waals surface area contributed by atoms with E-state index in [2.05, 4.69) is 10.3 Å². The number of nitrogens with zero attached hydrogens (tertiary/aromatic N) is 2. The third kappa shape index (κ3) is 6.71. The van der Waals surface area contributed by atoms with E-state index in [0.29, 0.717) is 53.7 Å². The minimum absolute atomic E-state index is 0.110. The minimum Gasteiger partial charge on any atom is -0.457 e. The second kappa shape index (κ2) is 12.2. The first-order chi connectivity index (χ1) is 17.1. The Kier molecular flexibility index (Phi) is 8.53. The van der Waals surface area contributed by atoms with Gasteiger partial charge in [0.1, 0.15) is 11.5 Å². The molecule has 1 heterocycles. The van der Waals surface area contributed by atoms with Crippen LogP contribution in [-0.4, -0.2) is 34.4 Å². The molecule has 0 unspecified atom stereocenters. The monoisotopic (exact) mass is 489 g/mol. The van der Waals surface area contributed by atoms with Crippen molar-refractivity contribution in [2.45, 2.75) is 25.0 Å². The van der Waals surface area contributed by atoms with E-state index in [9.17, 15) is 9.59 Å². The highest BCUT2D eigenvalue weighted by Gasteiger charge is 2.13. The number of aromatic nitrogens is 2. The zero-order chi connectivity index (χ0) is 24.5. The van der Waals surface area contributed by atoms with Gasteiger partial charge in [-0.05, 0) is 49.7 Å². The van der Waals surface area contributed by atoms with E-state index in [4.69, 9.17) is 9.47 Å². The summed E-state index contributed by atoms with van der Waals surface area (Å²) in [5.41, 5.74) is 1.14. The predicted octanol–water partition coefficient (Wildman–Crippen LogP) is 5.35. The molecule has 0 radical (unpaired) electrons. The molecule has 0 saturated carbocycles. The van der Waals surface area contributed by atoms with E-state index >= 15 is 0 Å². The molecule has 0 atom stereocenters. The van der Waals surface area contributed by atoms with Crippen LogP contribution < -0.4 is 15.6 Å². The molecule has 4 aromatic rings. The van der Waals surface area contributed by atoms with Gasteiger partial charge in [0, 0.05) is 31.5 Å². The first-order valence-electron chi connectivity index (χ1n) is 11.5. The predicted molar refractivity (Wildman–Crippen MR) is 139 cm³/mol. The molecule has 0 saturated heterocycles. The second-order valence-corrected chi connectivity index (χ2v) is 8.64. The van der Waals surface area contributed by atoms with Gasteiger partial charge in [0.25, 0.3) is 5.56 Å². The smallest absolute Gasteiger partial charge is 0.262 e. The number of fused-ring (bicyclic) bond motifs is 1. The fraction of sp³-hybridized carbons (Fsp3) is 0.222. The zero-order valence-electron chi connectivity index (χ0n) is 19.5. The van der Waals surface area contributed by atoms with Crippen LogP contribution >= 0.6 is 11.8 Å². The average molecular weight is 490 g/mol. The van der Waals surface area contributed by atoms with Crippen molar-refractivity contribution >= 4 is 34.3 Å². The number of thioether (sulfide) groups is 1. The number of benzene rings is 3. The number of rotatable bonds is 11. The highest BCUT2D eigenvalue weighted by atomic mass is 32.2. The Morgan fingerprint density at radius 1 is 1.00 bits per heavy atom. The third-order valence-corrected chi connectivity index (χ3v) is 6.11. The SMILES string of the molecule is CCOCCCn1c(SCC(=O)Nc2cccc(Oc3ccccc3)c2)nc2ccccc2c1=O. The van der Waals surface area contributed by atoms with Crippen LogP contribution in [0.1, 0.15) is 13.3 Å². The summed E-state index contributed by atoms with van der Waals surface area (Å²) in [6, 6.07) is 23.9. The van der Waals surface area contributed by atoms with E-state index in [1.54, 1.807) is 22.8 Å². The molecule has 35 heavy (non-hydrogen) atoms. The van der Waals surface area contributed by atoms with E-state index < -0.39 is 0 Å². The molecule has 0 spiro atoms. The van der Waals surface area contributed by atoms with Gasteiger partial charge in [0.2, 0.25) is 5.91 Å². The molecule has 1 N–H and O–H groups in total. The lowest BCUT2D eigenvalue weighted by Gasteiger charge is -2.13. The van der Waals surface area contributed by atoms with Crippen LogP contribution in [0, 0.1) is 0 Å². The molecule has 4 rings (SSSR count). The number of carbonyl (C=O) groups is 1. The lowest BCUT2D eigenvalue weighted by atomic mass is 10.2. The van der Waals surface area contributed by atoms with Crippen molar-refractivity contribution in [2.75, 3.05) is 24.3 Å². The number of hydrogen-bond donors (Lipinski definition) is 1. The van der Waals surface area contributed by atoms with Crippen molar-refractivity contribution in [3.05, 3.63) is 89.2 Å². The molecule has 3 aromatic carbocycles. The molecule has 1 aromatic heterocycles. The Morgan fingerprint density at radius 3 is 2.60 bits per heavy atom. The first kappa shape index (κ1) is 24.5. The van der Waals surface area contributed by atoms with Gasteiger partial charge < -0.3 is 14.8 Å². The lowest BCUT2D eigenvalue weighted by Crippen LogP contribution is -2.25. The summed E-state index contributed by atoms with van der Waals surface area (Å²) in [6.45, 7) is 3.60. The maximum Gasteiger partial charge on any atom is 0.262 e. The normalized spacial score (nSPS) is 10.9. The average Bonchev–Trinajstić information content (AvgIpc) is 2.87. The van der Waals surface area contributed by atoms with Crippen molar-refractivity contribution < 1.29 is 14.3 Å². The summed E-state index contributed by atoms with van der Waals surface area (Å²) >= 11 is 1.24. The Bertz CT molecular complexity index is 1340. The molecule has 1 amide bonds. The van der Waals surface area contributed by atoms with Crippen LogP contribution in [-0.2, 0) is 16.1 Å². The Morgan fingerprint density at radius 2 is 1.77 bits per heavy atom. The molecule has 0 bridgehead atoms. The molecule has 0 aliphatic carbocycles. The van der Waals surface area contributed by atoms with Crippen molar-refractivity contribution in [2.24, 2.45) is 0 Å². The van der Waals surface area contributed by atoms with Gasteiger partial charge in [-0.1, -0.05) is 48.2 Å². The van der Waals surface area contributed by atoms with Gasteiger partial charge in [0.15, 0.2) is 5.16 Å². The van der Waals surface area contributed by atoms with Crippen molar-refractivity contribution in [1.82, 2.24) is 9.55 Å². The van der Waals surface area contributed by atoms with E-state index in [-0.39, 0.29) is 17.2 Å². The highest BCUT2D eigenvalue weighted by Crippen LogP contribution is 2.24. The molecule has 180 valence electrons. The first-order valence-corrected chi connectivity index (χ1v) is 12.5. The summed E-state index contributed by atoms with van der Waals surface area (Å²) in [4.78, 5) is 30.5. The summed E-state index contributed by atoms with van der Waals surface area (Å²) < 4.78 is 12.9. The third-order valence-electron chi connectivity index (χ3n) is 5.13. The number of hydrogen-bond acceptors (Lipinski definition) is 6. The molecule has 7 nitrogen and oxygen atoms in total. The Labute approximate surface area is 208 Å². The number of amides is 1. The molecule has 0 aliphatic heterocycles. The Balaban J connectivity index is 1.44. The molecule has 8 heteroatoms. The zero-order valence-corrected chi connectivity index (χ0v) is 20.3. The van der Waals surface area contributed by atoms with Crippen LogP contribution in [0.4, 0.5) is 5.69 Å². The van der Waals surface area contributed by atoms with Crippen molar-refractivity contribution in [3.63, 3.8) is 0 Å². The summed E-state index contributed by atoms with van der Waals surface area (Å²) in [5, 5.41) is 3.97. The van der Waals surface area contributed by atoms with Gasteiger partial charge in [0.05, 0.1) is 16.7 Å². The number of para-hydroxylation sites is 2. The van der Waals surface area contributed by atoms with Gasteiger partial charge >= 0.3 is 0 Å². The lowest BCUT2D eigenvalue weighted by molar-refractivity contribution is -0.113. The largest absolute Gasteiger partial charge is 0.457 e. The standard InChI is InChI=1S/C27H27N3O4S/c1-2-33-17-9-16-30-26(32)23-14-6-7-15-24(23)29-27(30)35-19-25(31)28-20-10-8-13-22(18-20)34-21-11-4-3-5-12-21/h3-8,10-15,18H,2,9,16-17,19H2,1H3,(H,28,31). The highest BCUT2D eigenvalue weighted by molar-refractivity contribution is 7.99. The van der Waals surface area contributed by atoms with E-state index in [0.717, 1.165) is 5.75 Å². The summed E-state index contributed by atoms with van der Waals surface area (Å²) in [7, 11) is 0. The van der Waals surface area contributed by atoms with Crippen molar-refractivity contribution in [1.29, 1.82) is 0 Å². The maximum absolute atomic E-state index is 13.1. The van der Waals surface area contributed by atoms with Crippen LogP contribution in [0.25, 0.3) is 10.9 Å².